The van der Waals surface area contributed by atoms with Crippen LogP contribution in [0.2, 0.25) is 0 Å². The van der Waals surface area contributed by atoms with Crippen molar-refractivity contribution in [3.8, 4) is 0 Å². The summed E-state index contributed by atoms with van der Waals surface area (Å²) in [5.74, 6) is 5.15. The summed E-state index contributed by atoms with van der Waals surface area (Å²) in [6.07, 6.45) is 17.8. The van der Waals surface area contributed by atoms with E-state index in [1.165, 1.54) is 70.0 Å². The fourth-order valence-electron chi connectivity index (χ4n) is 7.08. The third kappa shape index (κ3) is 2.58. The maximum Gasteiger partial charge on any atom is 0.0959 e. The van der Waals surface area contributed by atoms with Crippen LogP contribution in [-0.4, -0.2) is 7.11 Å². The van der Waals surface area contributed by atoms with Gasteiger partial charge in [-0.1, -0.05) is 37.8 Å². The molecule has 2 fully saturated rings. The Balaban J connectivity index is 1.53. The van der Waals surface area contributed by atoms with Crippen LogP contribution in [0.25, 0.3) is 0 Å². The van der Waals surface area contributed by atoms with Crippen molar-refractivity contribution in [2.75, 3.05) is 7.11 Å². The standard InChI is InChI=1S/C23H36O/c1-4-5-6-17-8-12-22-21-10-7-16-15-18(24-3)9-11-19(16)20(21)13-14-23(17,22)2/h9,17,20-22H,4-8,10-15H2,1-3H3/t17-,20+,21+,22-,23+/m0/s1. The zero-order valence-corrected chi connectivity index (χ0v) is 16.1. The highest BCUT2D eigenvalue weighted by molar-refractivity contribution is 5.32. The lowest BCUT2D eigenvalue weighted by Crippen LogP contribution is -2.43. The van der Waals surface area contributed by atoms with Crippen LogP contribution in [0.3, 0.4) is 0 Å². The van der Waals surface area contributed by atoms with Gasteiger partial charge >= 0.3 is 0 Å². The fourth-order valence-corrected chi connectivity index (χ4v) is 7.08. The Morgan fingerprint density at radius 3 is 2.88 bits per heavy atom. The summed E-state index contributed by atoms with van der Waals surface area (Å²) < 4.78 is 5.54. The van der Waals surface area contributed by atoms with Gasteiger partial charge in [-0.05, 0) is 86.5 Å². The van der Waals surface area contributed by atoms with Gasteiger partial charge in [0.05, 0.1) is 12.9 Å². The van der Waals surface area contributed by atoms with Crippen molar-refractivity contribution in [3.63, 3.8) is 0 Å². The van der Waals surface area contributed by atoms with Gasteiger partial charge in [0.25, 0.3) is 0 Å². The van der Waals surface area contributed by atoms with Crippen molar-refractivity contribution < 1.29 is 4.74 Å². The number of unbranched alkanes of at least 4 members (excludes halogenated alkanes) is 1. The highest BCUT2D eigenvalue weighted by atomic mass is 16.5. The third-order valence-electron chi connectivity index (χ3n) is 8.42. The number of hydrogen-bond acceptors (Lipinski definition) is 1. The molecule has 0 aliphatic heterocycles. The fraction of sp³-hybridized carbons (Fsp3) is 0.826. The van der Waals surface area contributed by atoms with Gasteiger partial charge in [0.2, 0.25) is 0 Å². The second-order valence-corrected chi connectivity index (χ2v) is 9.26. The van der Waals surface area contributed by atoms with Gasteiger partial charge < -0.3 is 4.74 Å². The summed E-state index contributed by atoms with van der Waals surface area (Å²) >= 11 is 0. The van der Waals surface area contributed by atoms with Gasteiger partial charge in [0.15, 0.2) is 0 Å². The first kappa shape index (κ1) is 16.7. The summed E-state index contributed by atoms with van der Waals surface area (Å²) in [5, 5.41) is 0. The summed E-state index contributed by atoms with van der Waals surface area (Å²) in [4.78, 5) is 0. The zero-order valence-electron chi connectivity index (χ0n) is 16.1. The summed E-state index contributed by atoms with van der Waals surface area (Å²) in [7, 11) is 1.84. The Hall–Kier alpha value is -0.720. The highest BCUT2D eigenvalue weighted by Crippen LogP contribution is 2.63. The molecule has 134 valence electrons. The van der Waals surface area contributed by atoms with Crippen molar-refractivity contribution >= 4 is 0 Å². The highest BCUT2D eigenvalue weighted by Gasteiger charge is 2.54. The molecule has 1 nitrogen and oxygen atoms in total. The molecule has 0 aromatic rings. The van der Waals surface area contributed by atoms with Crippen LogP contribution < -0.4 is 0 Å². The van der Waals surface area contributed by atoms with Crippen molar-refractivity contribution in [2.24, 2.45) is 29.1 Å². The molecule has 0 spiro atoms. The molecule has 0 amide bonds. The molecule has 0 aromatic heterocycles. The van der Waals surface area contributed by atoms with E-state index in [-0.39, 0.29) is 0 Å². The number of methoxy groups -OCH3 is 1. The van der Waals surface area contributed by atoms with Crippen molar-refractivity contribution in [2.45, 2.75) is 84.5 Å². The van der Waals surface area contributed by atoms with E-state index in [1.807, 2.05) is 12.7 Å². The Labute approximate surface area is 148 Å². The van der Waals surface area contributed by atoms with Crippen molar-refractivity contribution in [1.82, 2.24) is 0 Å². The second-order valence-electron chi connectivity index (χ2n) is 9.26. The van der Waals surface area contributed by atoms with E-state index in [0.29, 0.717) is 5.41 Å². The van der Waals surface area contributed by atoms with Crippen LogP contribution in [0, 0.1) is 29.1 Å². The summed E-state index contributed by atoms with van der Waals surface area (Å²) in [5.41, 5.74) is 4.25. The average Bonchev–Trinajstić information content (AvgIpc) is 2.95. The molecule has 4 rings (SSSR count). The zero-order chi connectivity index (χ0) is 16.7. The normalized spacial score (nSPS) is 41.4. The number of ether oxygens (including phenoxy) is 1. The molecule has 24 heavy (non-hydrogen) atoms. The van der Waals surface area contributed by atoms with E-state index >= 15 is 0 Å². The molecule has 0 radical (unpaired) electrons. The van der Waals surface area contributed by atoms with Crippen LogP contribution >= 0.6 is 0 Å². The maximum atomic E-state index is 5.54. The molecule has 4 aliphatic carbocycles. The van der Waals surface area contributed by atoms with Crippen LogP contribution in [-0.2, 0) is 4.74 Å². The second kappa shape index (κ2) is 6.54. The Kier molecular flexibility index (Phi) is 4.56. The predicted molar refractivity (Wildman–Crippen MR) is 101 cm³/mol. The van der Waals surface area contributed by atoms with E-state index in [9.17, 15) is 0 Å². The van der Waals surface area contributed by atoms with E-state index < -0.39 is 0 Å². The summed E-state index contributed by atoms with van der Waals surface area (Å²) in [6, 6.07) is 0. The van der Waals surface area contributed by atoms with Crippen molar-refractivity contribution in [3.05, 3.63) is 23.0 Å². The molecular formula is C23H36O. The van der Waals surface area contributed by atoms with Gasteiger partial charge in [-0.3, -0.25) is 0 Å². The minimum atomic E-state index is 0.663. The molecular weight excluding hydrogens is 292 g/mol. The molecule has 5 atom stereocenters. The largest absolute Gasteiger partial charge is 0.501 e. The van der Waals surface area contributed by atoms with Gasteiger partial charge in [-0.2, -0.15) is 0 Å². The maximum absolute atomic E-state index is 5.54. The minimum absolute atomic E-state index is 0.663. The van der Waals surface area contributed by atoms with Crippen molar-refractivity contribution in [1.29, 1.82) is 0 Å². The van der Waals surface area contributed by atoms with E-state index in [0.717, 1.165) is 30.1 Å². The molecule has 0 bridgehead atoms. The Bertz CT molecular complexity index is 542. The molecule has 0 N–H and O–H groups in total. The first-order chi connectivity index (χ1) is 11.7. The lowest BCUT2D eigenvalue weighted by atomic mass is 9.53. The quantitative estimate of drug-likeness (QED) is 0.525. The Morgan fingerprint density at radius 1 is 1.21 bits per heavy atom. The smallest absolute Gasteiger partial charge is 0.0959 e. The topological polar surface area (TPSA) is 9.23 Å². The number of fused-ring (bicyclic) bond motifs is 4. The van der Waals surface area contributed by atoms with E-state index in [2.05, 4.69) is 19.9 Å². The molecule has 2 saturated carbocycles. The van der Waals surface area contributed by atoms with Gasteiger partial charge in [-0.25, -0.2) is 0 Å². The first-order valence-corrected chi connectivity index (χ1v) is 10.6. The van der Waals surface area contributed by atoms with Crippen LogP contribution in [0.15, 0.2) is 23.0 Å². The predicted octanol–water partition coefficient (Wildman–Crippen LogP) is 6.65. The van der Waals surface area contributed by atoms with Crippen LogP contribution in [0.1, 0.15) is 84.5 Å². The average molecular weight is 329 g/mol. The molecule has 0 unspecified atom stereocenters. The van der Waals surface area contributed by atoms with Gasteiger partial charge in [0, 0.05) is 6.42 Å². The summed E-state index contributed by atoms with van der Waals surface area (Å²) in [6.45, 7) is 5.03. The number of hydrogen-bond donors (Lipinski definition) is 0. The monoisotopic (exact) mass is 328 g/mol. The first-order valence-electron chi connectivity index (χ1n) is 10.6. The molecule has 1 heteroatoms. The van der Waals surface area contributed by atoms with E-state index in [4.69, 9.17) is 4.74 Å². The number of rotatable bonds is 4. The van der Waals surface area contributed by atoms with Gasteiger partial charge in [-0.15, -0.1) is 0 Å². The van der Waals surface area contributed by atoms with E-state index in [1.54, 1.807) is 5.57 Å². The lowest BCUT2D eigenvalue weighted by Gasteiger charge is -2.52. The SMILES string of the molecule is CCCC[C@H]1CC[C@H]2[C@@H]3CCC4=C(CC=C(OC)C4)[C@H]3CC[C@]12C. The Morgan fingerprint density at radius 2 is 2.08 bits per heavy atom. The third-order valence-corrected chi connectivity index (χ3v) is 8.42. The molecule has 4 aliphatic rings. The minimum Gasteiger partial charge on any atom is -0.501 e. The van der Waals surface area contributed by atoms with Crippen LogP contribution in [0.4, 0.5) is 0 Å². The molecule has 0 saturated heterocycles. The van der Waals surface area contributed by atoms with Gasteiger partial charge in [0.1, 0.15) is 0 Å². The lowest BCUT2D eigenvalue weighted by molar-refractivity contribution is 0.0113. The number of allylic oxidation sites excluding steroid dienone is 3. The molecule has 0 heterocycles. The van der Waals surface area contributed by atoms with Crippen LogP contribution in [0.5, 0.6) is 0 Å². The molecule has 0 aromatic carbocycles.